The lowest BCUT2D eigenvalue weighted by Crippen LogP contribution is -2.15. The van der Waals surface area contributed by atoms with Crippen molar-refractivity contribution in [1.29, 1.82) is 0 Å². The Kier molecular flexibility index (Phi) is 7.78. The average molecular weight is 306 g/mol. The van der Waals surface area contributed by atoms with Crippen LogP contribution in [-0.4, -0.2) is 22.0 Å². The Labute approximate surface area is 95.0 Å². The molecule has 0 unspecified atom stereocenters. The monoisotopic (exact) mass is 304 g/mol. The molecule has 0 amide bonds. The molecular formula is C4H2Cl4F6. The van der Waals surface area contributed by atoms with Crippen molar-refractivity contribution in [3.63, 3.8) is 0 Å². The van der Waals surface area contributed by atoms with Crippen LogP contribution in [-0.2, 0) is 0 Å². The van der Waals surface area contributed by atoms with Crippen LogP contribution in [0, 0.1) is 0 Å². The van der Waals surface area contributed by atoms with Crippen molar-refractivity contribution in [2.45, 2.75) is 22.0 Å². The van der Waals surface area contributed by atoms with Crippen LogP contribution in [0.2, 0.25) is 0 Å². The summed E-state index contributed by atoms with van der Waals surface area (Å²) in [6.07, 6.45) is -6.67. The third-order valence-corrected chi connectivity index (χ3v) is 1.15. The third-order valence-electron chi connectivity index (χ3n) is 0.495. The fourth-order valence-corrected chi connectivity index (χ4v) is 0. The van der Waals surface area contributed by atoms with Gasteiger partial charge in [0.25, 0.3) is 12.9 Å². The van der Waals surface area contributed by atoms with Crippen LogP contribution >= 0.6 is 46.4 Å². The van der Waals surface area contributed by atoms with Gasteiger partial charge in [-0.15, -0.1) is 0 Å². The Morgan fingerprint density at radius 3 is 0.714 bits per heavy atom. The fourth-order valence-electron chi connectivity index (χ4n) is 0. The zero-order valence-corrected chi connectivity index (χ0v) is 8.96. The first-order valence-electron chi connectivity index (χ1n) is 2.58. The molecule has 0 N–H and O–H groups in total. The molecule has 88 valence electrons. The summed E-state index contributed by atoms with van der Waals surface area (Å²) in [6.45, 7) is 0. The molecule has 0 aromatic rings. The van der Waals surface area contributed by atoms with Gasteiger partial charge in [0.2, 0.25) is 0 Å². The lowest BCUT2D eigenvalue weighted by atomic mass is 10.8. The van der Waals surface area contributed by atoms with E-state index in [9.17, 15) is 26.3 Å². The first-order chi connectivity index (χ1) is 5.89. The smallest absolute Gasteiger partial charge is 0.204 e. The predicted octanol–water partition coefficient (Wildman–Crippen LogP) is 4.70. The summed E-state index contributed by atoms with van der Waals surface area (Å²) in [5.41, 5.74) is 0. The van der Waals surface area contributed by atoms with Gasteiger partial charge in [0, 0.05) is 0 Å². The molecule has 0 aromatic heterocycles. The normalized spacial score (nSPS) is 12.9. The molecule has 0 atom stereocenters. The Balaban J connectivity index is 0. The second kappa shape index (κ2) is 6.35. The fraction of sp³-hybridized carbons (Fsp3) is 1.00. The average Bonchev–Trinajstić information content (AvgIpc) is 1.83. The van der Waals surface area contributed by atoms with Crippen molar-refractivity contribution in [3.05, 3.63) is 0 Å². The van der Waals surface area contributed by atoms with E-state index in [1.165, 1.54) is 0 Å². The highest BCUT2D eigenvalue weighted by Crippen LogP contribution is 2.30. The molecule has 0 heterocycles. The molecule has 0 nitrogen and oxygen atoms in total. The van der Waals surface area contributed by atoms with Gasteiger partial charge < -0.3 is 0 Å². The Hall–Kier alpha value is 0.740. The van der Waals surface area contributed by atoms with Gasteiger partial charge in [0.1, 0.15) is 0 Å². The summed E-state index contributed by atoms with van der Waals surface area (Å²) in [4.78, 5) is 0. The van der Waals surface area contributed by atoms with Gasteiger partial charge in [-0.1, -0.05) is 46.4 Å². The van der Waals surface area contributed by atoms with Gasteiger partial charge in [-0.2, -0.15) is 0 Å². The number of hydrogen-bond acceptors (Lipinski definition) is 0. The SMILES string of the molecule is FC(F)C(F)(Cl)Cl.FC(F)C(F)(Cl)Cl. The molecule has 14 heavy (non-hydrogen) atoms. The lowest BCUT2D eigenvalue weighted by molar-refractivity contribution is 0.0693. The van der Waals surface area contributed by atoms with Crippen LogP contribution < -0.4 is 0 Å². The van der Waals surface area contributed by atoms with E-state index in [1.54, 1.807) is 0 Å². The van der Waals surface area contributed by atoms with E-state index in [0.29, 0.717) is 0 Å². The highest BCUT2D eigenvalue weighted by Gasteiger charge is 2.35. The van der Waals surface area contributed by atoms with E-state index < -0.39 is 22.0 Å². The summed E-state index contributed by atoms with van der Waals surface area (Å²) < 4.78 is 59.4. The van der Waals surface area contributed by atoms with Crippen LogP contribution in [0.4, 0.5) is 26.3 Å². The van der Waals surface area contributed by atoms with Gasteiger partial charge in [-0.3, -0.25) is 0 Å². The van der Waals surface area contributed by atoms with Gasteiger partial charge >= 0.3 is 9.17 Å². The van der Waals surface area contributed by atoms with E-state index in [4.69, 9.17) is 0 Å². The second-order valence-electron chi connectivity index (χ2n) is 1.68. The van der Waals surface area contributed by atoms with E-state index in [-0.39, 0.29) is 0 Å². The lowest BCUT2D eigenvalue weighted by Gasteiger charge is -2.04. The topological polar surface area (TPSA) is 0 Å². The van der Waals surface area contributed by atoms with Gasteiger partial charge in [-0.05, 0) is 0 Å². The molecule has 0 aliphatic heterocycles. The zero-order chi connectivity index (χ0) is 12.2. The minimum Gasteiger partial charge on any atom is -0.204 e. The number of alkyl halides is 10. The van der Waals surface area contributed by atoms with Crippen molar-refractivity contribution in [3.8, 4) is 0 Å². The largest absolute Gasteiger partial charge is 0.317 e. The Morgan fingerprint density at radius 1 is 0.643 bits per heavy atom. The van der Waals surface area contributed by atoms with E-state index in [0.717, 1.165) is 0 Å². The summed E-state index contributed by atoms with van der Waals surface area (Å²) in [6, 6.07) is 0. The summed E-state index contributed by atoms with van der Waals surface area (Å²) >= 11 is 16.9. The zero-order valence-electron chi connectivity index (χ0n) is 5.93. The number of rotatable bonds is 2. The standard InChI is InChI=1S/2C2HCl2F3/c2*3-2(4,7)1(5)6/h2*1H. The van der Waals surface area contributed by atoms with Crippen molar-refractivity contribution in [2.24, 2.45) is 0 Å². The van der Waals surface area contributed by atoms with Crippen LogP contribution in [0.15, 0.2) is 0 Å². The first-order valence-corrected chi connectivity index (χ1v) is 4.10. The Morgan fingerprint density at radius 2 is 0.714 bits per heavy atom. The maximum atomic E-state index is 11.3. The maximum absolute atomic E-state index is 11.3. The molecular weight excluding hydrogens is 304 g/mol. The second-order valence-corrected chi connectivity index (χ2v) is 4.27. The summed E-state index contributed by atoms with van der Waals surface area (Å²) in [7, 11) is 0. The third kappa shape index (κ3) is 10.8. The van der Waals surface area contributed by atoms with Crippen molar-refractivity contribution in [2.75, 3.05) is 0 Å². The molecule has 0 saturated carbocycles. The van der Waals surface area contributed by atoms with E-state index in [1.807, 2.05) is 0 Å². The number of halogens is 10. The molecule has 0 aliphatic carbocycles. The highest BCUT2D eigenvalue weighted by atomic mass is 35.5. The molecule has 0 rings (SSSR count). The minimum absolute atomic E-state index is 3.34. The first kappa shape index (κ1) is 17.1. The molecule has 0 saturated heterocycles. The highest BCUT2D eigenvalue weighted by molar-refractivity contribution is 6.47. The van der Waals surface area contributed by atoms with Crippen molar-refractivity contribution in [1.82, 2.24) is 0 Å². The summed E-state index contributed by atoms with van der Waals surface area (Å²) in [5, 5.41) is 0. The van der Waals surface area contributed by atoms with E-state index >= 15 is 0 Å². The Bertz CT molecular complexity index is 131. The van der Waals surface area contributed by atoms with Gasteiger partial charge in [0.05, 0.1) is 0 Å². The van der Waals surface area contributed by atoms with Crippen LogP contribution in [0.3, 0.4) is 0 Å². The molecule has 0 radical (unpaired) electrons. The van der Waals surface area contributed by atoms with E-state index in [2.05, 4.69) is 46.4 Å². The molecule has 0 bridgehead atoms. The minimum atomic E-state index is -3.39. The molecule has 10 heteroatoms. The maximum Gasteiger partial charge on any atom is 0.317 e. The quantitative estimate of drug-likeness (QED) is 0.512. The van der Waals surface area contributed by atoms with Crippen LogP contribution in [0.25, 0.3) is 0 Å². The van der Waals surface area contributed by atoms with Crippen LogP contribution in [0.5, 0.6) is 0 Å². The van der Waals surface area contributed by atoms with Gasteiger partial charge in [0.15, 0.2) is 0 Å². The predicted molar refractivity (Wildman–Crippen MR) is 43.1 cm³/mol. The summed E-state index contributed by atoms with van der Waals surface area (Å²) in [5.74, 6) is 0. The van der Waals surface area contributed by atoms with Crippen molar-refractivity contribution < 1.29 is 26.3 Å². The molecule has 0 aromatic carbocycles. The molecule has 0 fully saturated rings. The number of hydrogen-bond donors (Lipinski definition) is 0. The molecule has 0 aliphatic rings. The van der Waals surface area contributed by atoms with Crippen LogP contribution in [0.1, 0.15) is 0 Å². The van der Waals surface area contributed by atoms with Gasteiger partial charge in [-0.25, -0.2) is 26.3 Å². The molecule has 0 spiro atoms. The van der Waals surface area contributed by atoms with Crippen molar-refractivity contribution >= 4 is 46.4 Å².